The van der Waals surface area contributed by atoms with Crippen LogP contribution in [0.15, 0.2) is 45.8 Å². The first kappa shape index (κ1) is 16.8. The highest BCUT2D eigenvalue weighted by molar-refractivity contribution is 5.88. The van der Waals surface area contributed by atoms with E-state index in [1.165, 1.54) is 18.4 Å². The molecule has 0 fully saturated rings. The van der Waals surface area contributed by atoms with E-state index in [4.69, 9.17) is 23.7 Å². The number of phenols is 1. The number of benzene rings is 2. The maximum Gasteiger partial charge on any atom is 0.341 e. The molecule has 0 saturated carbocycles. The molecule has 8 nitrogen and oxygen atoms in total. The molecule has 1 aliphatic rings. The van der Waals surface area contributed by atoms with Crippen molar-refractivity contribution in [3.63, 3.8) is 0 Å². The molecular weight excluding hydrogens is 356 g/mol. The highest BCUT2D eigenvalue weighted by Crippen LogP contribution is 2.35. The van der Waals surface area contributed by atoms with Gasteiger partial charge in [-0.1, -0.05) is 6.07 Å². The summed E-state index contributed by atoms with van der Waals surface area (Å²) in [5.41, 5.74) is 0.450. The normalized spacial score (nSPS) is 12.7. The Morgan fingerprint density at radius 2 is 1.89 bits per heavy atom. The minimum atomic E-state index is -1.16. The second-order valence-electron chi connectivity index (χ2n) is 5.83. The Bertz CT molecular complexity index is 1100. The van der Waals surface area contributed by atoms with E-state index in [1.807, 2.05) is 0 Å². The SMILES string of the molecule is O=C(O)COc1cc(O)c2c(=O)c(-c3ccc4c(c3)OCCO4)coc2c1. The van der Waals surface area contributed by atoms with Crippen LogP contribution >= 0.6 is 0 Å². The summed E-state index contributed by atoms with van der Waals surface area (Å²) in [6, 6.07) is 7.61. The van der Waals surface area contributed by atoms with E-state index in [2.05, 4.69) is 0 Å². The number of carboxylic acids is 1. The molecular formula is C19H14O8. The van der Waals surface area contributed by atoms with Gasteiger partial charge in [0.15, 0.2) is 18.1 Å². The zero-order valence-electron chi connectivity index (χ0n) is 13.9. The third-order valence-electron chi connectivity index (χ3n) is 4.05. The van der Waals surface area contributed by atoms with Gasteiger partial charge in [-0.05, 0) is 17.7 Å². The Morgan fingerprint density at radius 1 is 1.11 bits per heavy atom. The van der Waals surface area contributed by atoms with Crippen molar-refractivity contribution in [1.82, 2.24) is 0 Å². The Kier molecular flexibility index (Phi) is 4.08. The number of phenolic OH excluding ortho intramolecular Hbond substituents is 1. The second kappa shape index (κ2) is 6.56. The molecule has 0 bridgehead atoms. The second-order valence-corrected chi connectivity index (χ2v) is 5.83. The molecule has 0 atom stereocenters. The summed E-state index contributed by atoms with van der Waals surface area (Å²) in [4.78, 5) is 23.5. The zero-order chi connectivity index (χ0) is 19.0. The molecule has 3 aromatic rings. The molecule has 0 amide bonds. The summed E-state index contributed by atoms with van der Waals surface area (Å²) < 4.78 is 21.5. The first-order valence-corrected chi connectivity index (χ1v) is 8.06. The van der Waals surface area contributed by atoms with Crippen LogP contribution in [0.2, 0.25) is 0 Å². The highest BCUT2D eigenvalue weighted by atomic mass is 16.6. The molecule has 2 N–H and O–H groups in total. The smallest absolute Gasteiger partial charge is 0.341 e. The monoisotopic (exact) mass is 370 g/mol. The van der Waals surface area contributed by atoms with E-state index in [1.54, 1.807) is 18.2 Å². The van der Waals surface area contributed by atoms with Gasteiger partial charge in [0, 0.05) is 12.1 Å². The topological polar surface area (TPSA) is 115 Å². The van der Waals surface area contributed by atoms with E-state index >= 15 is 0 Å². The van der Waals surface area contributed by atoms with Crippen molar-refractivity contribution in [2.75, 3.05) is 19.8 Å². The number of rotatable bonds is 4. The van der Waals surface area contributed by atoms with E-state index in [0.29, 0.717) is 30.3 Å². The summed E-state index contributed by atoms with van der Waals surface area (Å²) in [6.07, 6.45) is 1.27. The summed E-state index contributed by atoms with van der Waals surface area (Å²) in [6.45, 7) is 0.303. The number of carbonyl (C=O) groups is 1. The number of ether oxygens (including phenoxy) is 3. The van der Waals surface area contributed by atoms with Crippen LogP contribution < -0.4 is 19.6 Å². The molecule has 2 aromatic carbocycles. The number of fused-ring (bicyclic) bond motifs is 2. The maximum absolute atomic E-state index is 12.9. The molecule has 1 aliphatic heterocycles. The molecule has 138 valence electrons. The van der Waals surface area contributed by atoms with Crippen LogP contribution in [0.25, 0.3) is 22.1 Å². The fourth-order valence-corrected chi connectivity index (χ4v) is 2.85. The summed E-state index contributed by atoms with van der Waals surface area (Å²) >= 11 is 0. The van der Waals surface area contributed by atoms with E-state index in [9.17, 15) is 14.7 Å². The summed E-state index contributed by atoms with van der Waals surface area (Å²) in [7, 11) is 0. The average molecular weight is 370 g/mol. The van der Waals surface area contributed by atoms with Crippen molar-refractivity contribution in [2.45, 2.75) is 0 Å². The molecule has 0 saturated heterocycles. The fraction of sp³-hybridized carbons (Fsp3) is 0.158. The van der Waals surface area contributed by atoms with Gasteiger partial charge in [-0.15, -0.1) is 0 Å². The van der Waals surface area contributed by atoms with E-state index in [0.717, 1.165) is 0 Å². The third-order valence-corrected chi connectivity index (χ3v) is 4.05. The molecule has 0 unspecified atom stereocenters. The Balaban J connectivity index is 1.78. The number of aromatic hydroxyl groups is 1. The minimum absolute atomic E-state index is 0.0231. The quantitative estimate of drug-likeness (QED) is 0.719. The molecule has 4 rings (SSSR count). The summed E-state index contributed by atoms with van der Waals surface area (Å²) in [5, 5.41) is 18.9. The molecule has 27 heavy (non-hydrogen) atoms. The van der Waals surface area contributed by atoms with Crippen molar-refractivity contribution in [3.05, 3.63) is 46.8 Å². The van der Waals surface area contributed by atoms with Gasteiger partial charge in [-0.3, -0.25) is 4.79 Å². The lowest BCUT2D eigenvalue weighted by Crippen LogP contribution is -2.15. The molecule has 8 heteroatoms. The van der Waals surface area contributed by atoms with Gasteiger partial charge in [0.25, 0.3) is 0 Å². The predicted octanol–water partition coefficient (Wildman–Crippen LogP) is 2.40. The lowest BCUT2D eigenvalue weighted by atomic mass is 10.0. The number of aliphatic carboxylic acids is 1. The Morgan fingerprint density at radius 3 is 2.67 bits per heavy atom. The van der Waals surface area contributed by atoms with Gasteiger partial charge in [-0.2, -0.15) is 0 Å². The average Bonchev–Trinajstić information content (AvgIpc) is 2.66. The van der Waals surface area contributed by atoms with E-state index in [-0.39, 0.29) is 28.0 Å². The van der Waals surface area contributed by atoms with Crippen molar-refractivity contribution >= 4 is 16.9 Å². The molecule has 0 aliphatic carbocycles. The summed E-state index contributed by atoms with van der Waals surface area (Å²) in [5.74, 6) is -0.318. The van der Waals surface area contributed by atoms with Crippen LogP contribution in [-0.2, 0) is 4.79 Å². The highest BCUT2D eigenvalue weighted by Gasteiger charge is 2.18. The fourth-order valence-electron chi connectivity index (χ4n) is 2.85. The van der Waals surface area contributed by atoms with Crippen molar-refractivity contribution < 1.29 is 33.6 Å². The standard InChI is InChI=1S/C19H14O8/c20-13-6-11(26-9-17(21)22)7-16-18(13)19(23)12(8-27-16)10-1-2-14-15(5-10)25-4-3-24-14/h1-2,5-8,20H,3-4,9H2,(H,21,22). The van der Waals surface area contributed by atoms with Crippen molar-refractivity contribution in [1.29, 1.82) is 0 Å². The van der Waals surface area contributed by atoms with Crippen LogP contribution in [0.3, 0.4) is 0 Å². The van der Waals surface area contributed by atoms with Crippen LogP contribution in [0.5, 0.6) is 23.0 Å². The van der Waals surface area contributed by atoms with Gasteiger partial charge in [0.1, 0.15) is 41.9 Å². The molecule has 2 heterocycles. The number of hydrogen-bond acceptors (Lipinski definition) is 7. The van der Waals surface area contributed by atoms with Crippen molar-refractivity contribution in [2.24, 2.45) is 0 Å². The third kappa shape index (κ3) is 3.12. The largest absolute Gasteiger partial charge is 0.507 e. The first-order valence-electron chi connectivity index (χ1n) is 8.06. The van der Waals surface area contributed by atoms with Crippen LogP contribution in [-0.4, -0.2) is 36.0 Å². The van der Waals surface area contributed by atoms with Crippen LogP contribution in [0.4, 0.5) is 0 Å². The maximum atomic E-state index is 12.9. The molecule has 0 spiro atoms. The van der Waals surface area contributed by atoms with Crippen molar-refractivity contribution in [3.8, 4) is 34.1 Å². The van der Waals surface area contributed by atoms with E-state index < -0.39 is 18.0 Å². The number of carboxylic acid groups (broad SMARTS) is 1. The molecule has 0 radical (unpaired) electrons. The van der Waals surface area contributed by atoms with Gasteiger partial charge >= 0.3 is 5.97 Å². The first-order chi connectivity index (χ1) is 13.0. The van der Waals surface area contributed by atoms with Gasteiger partial charge < -0.3 is 28.8 Å². The Labute approximate surface area is 152 Å². The predicted molar refractivity (Wildman–Crippen MR) is 93.7 cm³/mol. The lowest BCUT2D eigenvalue weighted by Gasteiger charge is -2.18. The van der Waals surface area contributed by atoms with Crippen LogP contribution in [0, 0.1) is 0 Å². The van der Waals surface area contributed by atoms with Crippen LogP contribution in [0.1, 0.15) is 0 Å². The van der Waals surface area contributed by atoms with Gasteiger partial charge in [0.2, 0.25) is 5.43 Å². The number of hydrogen-bond donors (Lipinski definition) is 2. The Hall–Kier alpha value is -3.68. The lowest BCUT2D eigenvalue weighted by molar-refractivity contribution is -0.139. The zero-order valence-corrected chi connectivity index (χ0v) is 13.9. The molecule has 1 aromatic heterocycles. The van der Waals surface area contributed by atoms with Gasteiger partial charge in [0.05, 0.1) is 5.56 Å². The van der Waals surface area contributed by atoms with Gasteiger partial charge in [-0.25, -0.2) is 4.79 Å². The minimum Gasteiger partial charge on any atom is -0.507 e.